The Hall–Kier alpha value is -1.74. The maximum atomic E-state index is 13.0. The second-order valence-corrected chi connectivity index (χ2v) is 8.21. The van der Waals surface area contributed by atoms with Crippen LogP contribution in [0, 0.1) is 5.82 Å². The number of ether oxygens (including phenoxy) is 1. The molecule has 0 saturated carbocycles. The summed E-state index contributed by atoms with van der Waals surface area (Å²) in [6, 6.07) is 9.87. The number of methoxy groups -OCH3 is 1. The molecule has 0 N–H and O–H groups in total. The summed E-state index contributed by atoms with van der Waals surface area (Å²) in [5, 5.41) is 0.556. The van der Waals surface area contributed by atoms with Crippen LogP contribution >= 0.6 is 22.9 Å². The van der Waals surface area contributed by atoms with Crippen molar-refractivity contribution in [1.82, 2.24) is 4.57 Å². The molecule has 0 aliphatic rings. The lowest BCUT2D eigenvalue weighted by Gasteiger charge is -2.04. The highest BCUT2D eigenvalue weighted by Crippen LogP contribution is 2.22. The van der Waals surface area contributed by atoms with Crippen LogP contribution in [-0.2, 0) is 21.3 Å². The number of hydrogen-bond donors (Lipinski definition) is 0. The summed E-state index contributed by atoms with van der Waals surface area (Å²) >= 11 is 7.23. The molecule has 2 aromatic carbocycles. The van der Waals surface area contributed by atoms with Crippen LogP contribution in [0.1, 0.15) is 0 Å². The van der Waals surface area contributed by atoms with Crippen LogP contribution in [0.5, 0.6) is 0 Å². The van der Waals surface area contributed by atoms with E-state index in [1.54, 1.807) is 23.8 Å². The van der Waals surface area contributed by atoms with Crippen LogP contribution in [-0.4, -0.2) is 26.7 Å². The lowest BCUT2D eigenvalue weighted by Crippen LogP contribution is -2.19. The summed E-state index contributed by atoms with van der Waals surface area (Å²) in [4.78, 5) is 0.237. The molecule has 0 aliphatic heterocycles. The number of rotatable bonds is 5. The van der Waals surface area contributed by atoms with Crippen molar-refractivity contribution in [3.63, 3.8) is 0 Å². The number of benzene rings is 2. The van der Waals surface area contributed by atoms with Gasteiger partial charge in [0.2, 0.25) is 4.80 Å². The molecular weight excluding hydrogens is 387 g/mol. The summed E-state index contributed by atoms with van der Waals surface area (Å²) in [7, 11) is -2.39. The number of hydrogen-bond acceptors (Lipinski definition) is 4. The number of nitrogens with zero attached hydrogens (tertiary/aromatic N) is 2. The highest BCUT2D eigenvalue weighted by atomic mass is 35.5. The second kappa shape index (κ2) is 7.25. The Morgan fingerprint density at radius 2 is 1.96 bits per heavy atom. The molecule has 0 bridgehead atoms. The van der Waals surface area contributed by atoms with Crippen molar-refractivity contribution >= 4 is 43.2 Å². The number of halogens is 2. The fourth-order valence-electron chi connectivity index (χ4n) is 2.28. The Balaban J connectivity index is 2.18. The molecule has 0 spiro atoms. The van der Waals surface area contributed by atoms with E-state index in [0.29, 0.717) is 23.0 Å². The van der Waals surface area contributed by atoms with Crippen molar-refractivity contribution in [3.8, 4) is 0 Å². The normalized spacial score (nSPS) is 12.8. The average molecular weight is 401 g/mol. The second-order valence-electron chi connectivity index (χ2n) is 5.16. The van der Waals surface area contributed by atoms with Crippen LogP contribution in [0.3, 0.4) is 0 Å². The van der Waals surface area contributed by atoms with Gasteiger partial charge >= 0.3 is 0 Å². The Morgan fingerprint density at radius 3 is 2.64 bits per heavy atom. The fourth-order valence-corrected chi connectivity index (χ4v) is 4.81. The van der Waals surface area contributed by atoms with Crippen LogP contribution in [0.4, 0.5) is 4.39 Å². The van der Waals surface area contributed by atoms with E-state index in [1.165, 1.54) is 23.5 Å². The first-order valence-corrected chi connectivity index (χ1v) is 9.88. The topological polar surface area (TPSA) is 60.7 Å². The molecule has 0 radical (unpaired) electrons. The van der Waals surface area contributed by atoms with E-state index < -0.39 is 15.8 Å². The van der Waals surface area contributed by atoms with Gasteiger partial charge in [-0.05, 0) is 42.5 Å². The van der Waals surface area contributed by atoms with E-state index in [-0.39, 0.29) is 4.90 Å². The van der Waals surface area contributed by atoms with Gasteiger partial charge in [-0.3, -0.25) is 0 Å². The number of sulfonamides is 1. The molecule has 132 valence electrons. The molecule has 0 fully saturated rings. The molecule has 3 rings (SSSR count). The van der Waals surface area contributed by atoms with Crippen molar-refractivity contribution in [2.45, 2.75) is 11.4 Å². The van der Waals surface area contributed by atoms with E-state index in [9.17, 15) is 12.8 Å². The van der Waals surface area contributed by atoms with Crippen molar-refractivity contribution in [2.24, 2.45) is 4.40 Å². The quantitative estimate of drug-likeness (QED) is 0.659. The summed E-state index contributed by atoms with van der Waals surface area (Å²) < 4.78 is 49.7. The van der Waals surface area contributed by atoms with Gasteiger partial charge in [-0.25, -0.2) is 4.39 Å². The van der Waals surface area contributed by atoms with Gasteiger partial charge in [0.05, 0.1) is 21.7 Å². The van der Waals surface area contributed by atoms with Crippen molar-refractivity contribution in [1.29, 1.82) is 0 Å². The Morgan fingerprint density at radius 1 is 1.24 bits per heavy atom. The summed E-state index contributed by atoms with van der Waals surface area (Å²) in [5.41, 5.74) is 0.819. The third-order valence-electron chi connectivity index (χ3n) is 3.47. The zero-order valence-electron chi connectivity index (χ0n) is 13.1. The van der Waals surface area contributed by atoms with Gasteiger partial charge in [0.1, 0.15) is 5.82 Å². The first-order valence-electron chi connectivity index (χ1n) is 7.25. The third kappa shape index (κ3) is 3.92. The molecular formula is C16H14ClFN2O3S2. The molecule has 0 unspecified atom stereocenters. The van der Waals surface area contributed by atoms with E-state index >= 15 is 0 Å². The molecule has 5 nitrogen and oxygen atoms in total. The maximum Gasteiger partial charge on any atom is 0.285 e. The minimum Gasteiger partial charge on any atom is -0.383 e. The largest absolute Gasteiger partial charge is 0.383 e. The monoisotopic (exact) mass is 400 g/mol. The molecule has 3 aromatic rings. The fraction of sp³-hybridized carbons (Fsp3) is 0.188. The number of thiazole rings is 1. The molecule has 9 heteroatoms. The summed E-state index contributed by atoms with van der Waals surface area (Å²) in [6.45, 7) is 0.841. The van der Waals surface area contributed by atoms with Crippen molar-refractivity contribution < 1.29 is 17.5 Å². The lowest BCUT2D eigenvalue weighted by atomic mass is 10.3. The number of fused-ring (bicyclic) bond motifs is 1. The van der Waals surface area contributed by atoms with Crippen molar-refractivity contribution in [3.05, 3.63) is 58.1 Å². The Kier molecular flexibility index (Phi) is 5.24. The number of aromatic nitrogens is 1. The van der Waals surface area contributed by atoms with Gasteiger partial charge in [0, 0.05) is 18.7 Å². The van der Waals surface area contributed by atoms with Gasteiger partial charge in [0.15, 0.2) is 0 Å². The third-order valence-corrected chi connectivity index (χ3v) is 6.15. The molecule has 1 heterocycles. The van der Waals surface area contributed by atoms with Gasteiger partial charge in [-0.2, -0.15) is 8.42 Å². The van der Waals surface area contributed by atoms with Gasteiger partial charge in [-0.1, -0.05) is 22.9 Å². The molecule has 0 saturated heterocycles. The average Bonchev–Trinajstić information content (AvgIpc) is 2.88. The van der Waals surface area contributed by atoms with Gasteiger partial charge in [-0.15, -0.1) is 4.40 Å². The maximum absolute atomic E-state index is 13.0. The van der Waals surface area contributed by atoms with E-state index in [4.69, 9.17) is 16.3 Å². The lowest BCUT2D eigenvalue weighted by molar-refractivity contribution is 0.187. The minimum atomic E-state index is -3.96. The molecule has 0 amide bonds. The van der Waals surface area contributed by atoms with Gasteiger partial charge in [0.25, 0.3) is 10.0 Å². The highest BCUT2D eigenvalue weighted by Gasteiger charge is 2.15. The molecule has 25 heavy (non-hydrogen) atoms. The molecule has 1 aromatic heterocycles. The van der Waals surface area contributed by atoms with E-state index in [0.717, 1.165) is 22.3 Å². The predicted molar refractivity (Wildman–Crippen MR) is 95.8 cm³/mol. The molecule has 0 aliphatic carbocycles. The zero-order chi connectivity index (χ0) is 18.0. The van der Waals surface area contributed by atoms with E-state index in [1.807, 2.05) is 6.07 Å². The Bertz CT molecular complexity index is 1070. The van der Waals surface area contributed by atoms with Crippen LogP contribution in [0.25, 0.3) is 10.2 Å². The zero-order valence-corrected chi connectivity index (χ0v) is 15.5. The smallest absolute Gasteiger partial charge is 0.285 e. The summed E-state index contributed by atoms with van der Waals surface area (Å²) in [5.74, 6) is -0.509. The van der Waals surface area contributed by atoms with E-state index in [2.05, 4.69) is 4.40 Å². The first kappa shape index (κ1) is 18.1. The highest BCUT2D eigenvalue weighted by molar-refractivity contribution is 7.90. The molecule has 0 atom stereocenters. The van der Waals surface area contributed by atoms with Crippen molar-refractivity contribution in [2.75, 3.05) is 13.7 Å². The first-order chi connectivity index (χ1) is 11.9. The minimum absolute atomic E-state index is 0.0670. The van der Waals surface area contributed by atoms with Crippen LogP contribution in [0.2, 0.25) is 5.02 Å². The van der Waals surface area contributed by atoms with Crippen LogP contribution in [0.15, 0.2) is 51.8 Å². The summed E-state index contributed by atoms with van der Waals surface area (Å²) in [6.07, 6.45) is 0. The standard InChI is InChI=1S/C16H14ClFN2O3S2/c1-23-9-8-20-14-7-2-11(17)10-15(14)24-16(20)19-25(21,22)13-5-3-12(18)4-6-13/h2-7,10H,8-9H2,1H3. The predicted octanol–water partition coefficient (Wildman–Crippen LogP) is 3.43. The van der Waals surface area contributed by atoms with Gasteiger partial charge < -0.3 is 9.30 Å². The Labute approximate surface area is 153 Å². The van der Waals surface area contributed by atoms with Crippen LogP contribution < -0.4 is 4.80 Å². The SMILES string of the molecule is COCCn1c(=NS(=O)(=O)c2ccc(F)cc2)sc2cc(Cl)ccc21.